The van der Waals surface area contributed by atoms with Gasteiger partial charge in [0, 0.05) is 11.5 Å². The lowest BCUT2D eigenvalue weighted by Crippen LogP contribution is -2.21. The van der Waals surface area contributed by atoms with Crippen LogP contribution >= 0.6 is 0 Å². The third-order valence-electron chi connectivity index (χ3n) is 5.85. The first-order valence-electron chi connectivity index (χ1n) is 9.53. The molecule has 0 heterocycles. The van der Waals surface area contributed by atoms with Gasteiger partial charge in [0.05, 0.1) is 0 Å². The Hall–Kier alpha value is -1.89. The van der Waals surface area contributed by atoms with Gasteiger partial charge in [0.15, 0.2) is 5.78 Å². The Kier molecular flexibility index (Phi) is 6.58. The van der Waals surface area contributed by atoms with Crippen LogP contribution in [0.25, 0.3) is 0 Å². The minimum Gasteiger partial charge on any atom is -0.294 e. The number of hydrogen-bond donors (Lipinski definition) is 0. The van der Waals surface area contributed by atoms with Gasteiger partial charge in [-0.15, -0.1) is 0 Å². The van der Waals surface area contributed by atoms with Crippen LogP contribution in [0.4, 0.5) is 0 Å². The molecule has 0 saturated carbocycles. The fourth-order valence-electron chi connectivity index (χ4n) is 3.75. The summed E-state index contributed by atoms with van der Waals surface area (Å²) in [7, 11) is 0. The highest BCUT2D eigenvalue weighted by atomic mass is 16.1. The van der Waals surface area contributed by atoms with Gasteiger partial charge in [-0.1, -0.05) is 50.1 Å². The first-order valence-corrected chi connectivity index (χ1v) is 9.53. The minimum atomic E-state index is 0.0706. The van der Waals surface area contributed by atoms with Gasteiger partial charge in [-0.3, -0.25) is 4.79 Å². The number of carbonyl (C=O) groups is 1. The molecule has 2 rings (SSSR count). The monoisotopic (exact) mass is 336 g/mol. The number of rotatable bonds is 7. The molecule has 0 amide bonds. The summed E-state index contributed by atoms with van der Waals surface area (Å²) in [5.41, 5.74) is 8.41. The summed E-state index contributed by atoms with van der Waals surface area (Å²) < 4.78 is 0. The maximum absolute atomic E-state index is 13.5. The Morgan fingerprint density at radius 3 is 1.88 bits per heavy atom. The van der Waals surface area contributed by atoms with Crippen LogP contribution in [0.5, 0.6) is 0 Å². The van der Waals surface area contributed by atoms with Crippen molar-refractivity contribution in [3.05, 3.63) is 69.3 Å². The molecule has 2 aromatic rings. The number of hydrogen-bond acceptors (Lipinski definition) is 1. The first-order chi connectivity index (χ1) is 11.9. The summed E-state index contributed by atoms with van der Waals surface area (Å²) in [6.07, 6.45) is 4.03. The Balaban J connectivity index is 2.43. The van der Waals surface area contributed by atoms with E-state index in [0.717, 1.165) is 31.2 Å². The van der Waals surface area contributed by atoms with Gasteiger partial charge in [-0.05, 0) is 80.8 Å². The van der Waals surface area contributed by atoms with Crippen molar-refractivity contribution in [3.8, 4) is 0 Å². The van der Waals surface area contributed by atoms with E-state index >= 15 is 0 Å². The van der Waals surface area contributed by atoms with E-state index in [1.165, 1.54) is 33.4 Å². The fourth-order valence-corrected chi connectivity index (χ4v) is 3.75. The van der Waals surface area contributed by atoms with Gasteiger partial charge >= 0.3 is 0 Å². The quantitative estimate of drug-likeness (QED) is 0.530. The van der Waals surface area contributed by atoms with Gasteiger partial charge < -0.3 is 0 Å². The predicted octanol–water partition coefficient (Wildman–Crippen LogP) is 6.46. The lowest BCUT2D eigenvalue weighted by atomic mass is 9.81. The van der Waals surface area contributed by atoms with E-state index in [4.69, 9.17) is 0 Å². The second-order valence-electron chi connectivity index (χ2n) is 7.39. The normalized spacial score (nSPS) is 12.2. The van der Waals surface area contributed by atoms with Gasteiger partial charge in [0.2, 0.25) is 0 Å². The van der Waals surface area contributed by atoms with Gasteiger partial charge in [0.25, 0.3) is 0 Å². The molecule has 0 N–H and O–H groups in total. The van der Waals surface area contributed by atoms with Gasteiger partial charge in [0.1, 0.15) is 0 Å². The van der Waals surface area contributed by atoms with Crippen LogP contribution in [-0.4, -0.2) is 5.78 Å². The van der Waals surface area contributed by atoms with Gasteiger partial charge in [-0.2, -0.15) is 0 Å². The highest BCUT2D eigenvalue weighted by molar-refractivity contribution is 6.01. The zero-order valence-corrected chi connectivity index (χ0v) is 16.7. The van der Waals surface area contributed by atoms with Crippen molar-refractivity contribution >= 4 is 5.78 Å². The molecule has 0 saturated heterocycles. The van der Waals surface area contributed by atoms with E-state index in [2.05, 4.69) is 65.8 Å². The molecule has 0 bridgehead atoms. The van der Waals surface area contributed by atoms with Crippen LogP contribution in [0.15, 0.2) is 30.3 Å². The summed E-state index contributed by atoms with van der Waals surface area (Å²) in [6.45, 7) is 12.9. The highest BCUT2D eigenvalue weighted by Gasteiger charge is 2.25. The van der Waals surface area contributed by atoms with Crippen LogP contribution in [0.3, 0.4) is 0 Å². The van der Waals surface area contributed by atoms with Crippen molar-refractivity contribution in [1.82, 2.24) is 0 Å². The number of carbonyl (C=O) groups excluding carboxylic acids is 1. The highest BCUT2D eigenvalue weighted by Crippen LogP contribution is 2.30. The summed E-state index contributed by atoms with van der Waals surface area (Å²) in [5.74, 6) is 0.403. The maximum Gasteiger partial charge on any atom is 0.166 e. The molecule has 25 heavy (non-hydrogen) atoms. The second kappa shape index (κ2) is 8.47. The average Bonchev–Trinajstić information content (AvgIpc) is 2.62. The third kappa shape index (κ3) is 4.21. The zero-order valence-electron chi connectivity index (χ0n) is 16.7. The minimum absolute atomic E-state index is 0.0706. The Morgan fingerprint density at radius 1 is 0.840 bits per heavy atom. The summed E-state index contributed by atoms with van der Waals surface area (Å²) in [4.78, 5) is 13.5. The molecule has 0 aromatic heterocycles. The maximum atomic E-state index is 13.5. The molecule has 0 fully saturated rings. The second-order valence-corrected chi connectivity index (χ2v) is 7.39. The molecule has 134 valence electrons. The first kappa shape index (κ1) is 19.4. The van der Waals surface area contributed by atoms with Crippen LogP contribution in [0, 0.1) is 40.5 Å². The third-order valence-corrected chi connectivity index (χ3v) is 5.85. The summed E-state index contributed by atoms with van der Waals surface area (Å²) in [6, 6.07) is 10.4. The predicted molar refractivity (Wildman–Crippen MR) is 108 cm³/mol. The Labute approximate surface area is 153 Å². The summed E-state index contributed by atoms with van der Waals surface area (Å²) >= 11 is 0. The standard InChI is InChI=1S/C24H32O/c1-7-8-14-22(15-21-12-10-9-11-13-21)24(25)23-19(5)17(3)16(2)18(4)20(23)6/h9-13,22H,7-8,14-15H2,1-6H3. The van der Waals surface area contributed by atoms with Crippen molar-refractivity contribution in [1.29, 1.82) is 0 Å². The molecule has 1 unspecified atom stereocenters. The molecule has 1 atom stereocenters. The van der Waals surface area contributed by atoms with Gasteiger partial charge in [-0.25, -0.2) is 0 Å². The van der Waals surface area contributed by atoms with Crippen molar-refractivity contribution in [3.63, 3.8) is 0 Å². The van der Waals surface area contributed by atoms with Crippen LogP contribution < -0.4 is 0 Å². The molecule has 0 spiro atoms. The molecule has 2 aromatic carbocycles. The number of unbranched alkanes of at least 4 members (excludes halogenated alkanes) is 1. The van der Waals surface area contributed by atoms with E-state index in [-0.39, 0.29) is 5.92 Å². The largest absolute Gasteiger partial charge is 0.294 e. The topological polar surface area (TPSA) is 17.1 Å². The number of ketones is 1. The molecule has 1 nitrogen and oxygen atoms in total. The molecule has 0 aliphatic rings. The lowest BCUT2D eigenvalue weighted by Gasteiger charge is -2.22. The van der Waals surface area contributed by atoms with E-state index in [1.54, 1.807) is 0 Å². The van der Waals surface area contributed by atoms with Crippen LogP contribution in [0.2, 0.25) is 0 Å². The molecular weight excluding hydrogens is 304 g/mol. The molecule has 0 aliphatic carbocycles. The number of Topliss-reactive ketones (excluding diaryl/α,β-unsaturated/α-hetero) is 1. The van der Waals surface area contributed by atoms with Crippen molar-refractivity contribution < 1.29 is 4.79 Å². The fraction of sp³-hybridized carbons (Fsp3) is 0.458. The van der Waals surface area contributed by atoms with E-state index in [9.17, 15) is 4.79 Å². The number of benzene rings is 2. The van der Waals surface area contributed by atoms with E-state index < -0.39 is 0 Å². The smallest absolute Gasteiger partial charge is 0.166 e. The van der Waals surface area contributed by atoms with E-state index in [1.807, 2.05) is 6.07 Å². The van der Waals surface area contributed by atoms with E-state index in [0.29, 0.717) is 5.78 Å². The Bertz CT molecular complexity index is 711. The summed E-state index contributed by atoms with van der Waals surface area (Å²) in [5, 5.41) is 0. The van der Waals surface area contributed by atoms with Crippen molar-refractivity contribution in [2.45, 2.75) is 67.2 Å². The molecule has 1 heteroatoms. The van der Waals surface area contributed by atoms with Crippen LogP contribution in [-0.2, 0) is 6.42 Å². The lowest BCUT2D eigenvalue weighted by molar-refractivity contribution is 0.0909. The molecule has 0 aliphatic heterocycles. The zero-order chi connectivity index (χ0) is 18.6. The average molecular weight is 337 g/mol. The van der Waals surface area contributed by atoms with Crippen molar-refractivity contribution in [2.24, 2.45) is 5.92 Å². The SMILES string of the molecule is CCCCC(Cc1ccccc1)C(=O)c1c(C)c(C)c(C)c(C)c1C. The molecular formula is C24H32O. The Morgan fingerprint density at radius 2 is 1.36 bits per heavy atom. The molecule has 0 radical (unpaired) electrons. The van der Waals surface area contributed by atoms with Crippen LogP contribution in [0.1, 0.15) is 69.9 Å². The van der Waals surface area contributed by atoms with Crippen molar-refractivity contribution in [2.75, 3.05) is 0 Å².